The quantitative estimate of drug-likeness (QED) is 0.907. The van der Waals surface area contributed by atoms with E-state index in [9.17, 15) is 4.79 Å². The molecule has 21 heavy (non-hydrogen) atoms. The average Bonchev–Trinajstić information content (AvgIpc) is 2.52. The summed E-state index contributed by atoms with van der Waals surface area (Å²) in [5.74, 6) is 1.12. The lowest BCUT2D eigenvalue weighted by Crippen LogP contribution is -2.23. The van der Waals surface area contributed by atoms with Gasteiger partial charge in [-0.1, -0.05) is 38.1 Å². The Bertz CT molecular complexity index is 603. The lowest BCUT2D eigenvalue weighted by Gasteiger charge is -2.13. The maximum atomic E-state index is 12.1. The summed E-state index contributed by atoms with van der Waals surface area (Å²) < 4.78 is 5.09. The van der Waals surface area contributed by atoms with Crippen LogP contribution >= 0.6 is 0 Å². The topological polar surface area (TPSA) is 38.3 Å². The molecule has 0 atom stereocenters. The molecular weight excluding hydrogens is 262 g/mol. The van der Waals surface area contributed by atoms with E-state index in [1.807, 2.05) is 12.1 Å². The Labute approximate surface area is 126 Å². The van der Waals surface area contributed by atoms with Crippen molar-refractivity contribution in [1.82, 2.24) is 5.32 Å². The molecule has 1 N–H and O–H groups in total. The number of nitrogens with one attached hydrogen (secondary N) is 1. The molecule has 1 amide bonds. The van der Waals surface area contributed by atoms with Gasteiger partial charge in [0.2, 0.25) is 0 Å². The van der Waals surface area contributed by atoms with Crippen molar-refractivity contribution in [2.75, 3.05) is 7.11 Å². The highest BCUT2D eigenvalue weighted by Gasteiger charge is 2.09. The van der Waals surface area contributed by atoms with Gasteiger partial charge in [0.15, 0.2) is 0 Å². The number of ether oxygens (including phenoxy) is 1. The molecule has 110 valence electrons. The average molecular weight is 283 g/mol. The van der Waals surface area contributed by atoms with Crippen LogP contribution in [0.1, 0.15) is 41.3 Å². The highest BCUT2D eigenvalue weighted by Crippen LogP contribution is 2.19. The fourth-order valence-electron chi connectivity index (χ4n) is 2.28. The van der Waals surface area contributed by atoms with Gasteiger partial charge in [-0.2, -0.15) is 0 Å². The minimum Gasteiger partial charge on any atom is -0.497 e. The van der Waals surface area contributed by atoms with Crippen molar-refractivity contribution >= 4 is 5.91 Å². The third-order valence-corrected chi connectivity index (χ3v) is 3.47. The van der Waals surface area contributed by atoms with Crippen molar-refractivity contribution in [1.29, 1.82) is 0 Å². The van der Waals surface area contributed by atoms with Crippen LogP contribution in [0.3, 0.4) is 0 Å². The van der Waals surface area contributed by atoms with Gasteiger partial charge >= 0.3 is 0 Å². The Morgan fingerprint density at radius 1 is 1.10 bits per heavy atom. The van der Waals surface area contributed by atoms with E-state index >= 15 is 0 Å². The highest BCUT2D eigenvalue weighted by atomic mass is 16.5. The third-order valence-electron chi connectivity index (χ3n) is 3.47. The summed E-state index contributed by atoms with van der Waals surface area (Å²) in [6.45, 7) is 4.85. The van der Waals surface area contributed by atoms with Gasteiger partial charge in [-0.3, -0.25) is 4.79 Å². The van der Waals surface area contributed by atoms with Crippen LogP contribution in [0.25, 0.3) is 0 Å². The van der Waals surface area contributed by atoms with Crippen LogP contribution in [0, 0.1) is 0 Å². The summed E-state index contributed by atoms with van der Waals surface area (Å²) in [5, 5.41) is 2.97. The standard InChI is InChI=1S/C18H21NO2/c1-13(2)17-7-5-4-6-15(17)12-19-18(20)14-8-10-16(21-3)11-9-14/h4-11,13H,12H2,1-3H3,(H,19,20). The number of carbonyl (C=O) groups is 1. The normalized spacial score (nSPS) is 10.5. The van der Waals surface area contributed by atoms with E-state index in [0.717, 1.165) is 11.3 Å². The van der Waals surface area contributed by atoms with E-state index in [2.05, 4.69) is 31.3 Å². The van der Waals surface area contributed by atoms with Gasteiger partial charge in [-0.25, -0.2) is 0 Å². The smallest absolute Gasteiger partial charge is 0.251 e. The monoisotopic (exact) mass is 283 g/mol. The first-order valence-electron chi connectivity index (χ1n) is 7.12. The van der Waals surface area contributed by atoms with Crippen LogP contribution in [-0.4, -0.2) is 13.0 Å². The summed E-state index contributed by atoms with van der Waals surface area (Å²) >= 11 is 0. The predicted molar refractivity (Wildman–Crippen MR) is 84.7 cm³/mol. The van der Waals surface area contributed by atoms with Crippen LogP contribution in [0.4, 0.5) is 0 Å². The predicted octanol–water partition coefficient (Wildman–Crippen LogP) is 3.75. The zero-order valence-electron chi connectivity index (χ0n) is 12.7. The number of hydrogen-bond donors (Lipinski definition) is 1. The summed E-state index contributed by atoms with van der Waals surface area (Å²) in [7, 11) is 1.61. The maximum Gasteiger partial charge on any atom is 0.251 e. The van der Waals surface area contributed by atoms with E-state index in [4.69, 9.17) is 4.74 Å². The van der Waals surface area contributed by atoms with E-state index < -0.39 is 0 Å². The minimum absolute atomic E-state index is 0.0730. The van der Waals surface area contributed by atoms with Gasteiger partial charge in [-0.15, -0.1) is 0 Å². The molecule has 0 heterocycles. The number of amides is 1. The summed E-state index contributed by atoms with van der Waals surface area (Å²) in [5.41, 5.74) is 3.07. The van der Waals surface area contributed by atoms with Gasteiger partial charge < -0.3 is 10.1 Å². The van der Waals surface area contributed by atoms with Gasteiger partial charge in [-0.05, 0) is 41.3 Å². The molecule has 0 aliphatic heterocycles. The molecule has 0 saturated heterocycles. The molecule has 2 aromatic carbocycles. The first kappa shape index (κ1) is 15.1. The van der Waals surface area contributed by atoms with Crippen molar-refractivity contribution in [3.8, 4) is 5.75 Å². The molecule has 3 heteroatoms. The highest BCUT2D eigenvalue weighted by molar-refractivity contribution is 5.94. The number of benzene rings is 2. The van der Waals surface area contributed by atoms with Gasteiger partial charge in [0.1, 0.15) is 5.75 Å². The van der Waals surface area contributed by atoms with Crippen LogP contribution in [0.2, 0.25) is 0 Å². The summed E-state index contributed by atoms with van der Waals surface area (Å²) in [6, 6.07) is 15.3. The Balaban J connectivity index is 2.04. The minimum atomic E-state index is -0.0730. The molecule has 0 fully saturated rings. The molecule has 0 aliphatic rings. The Morgan fingerprint density at radius 3 is 2.38 bits per heavy atom. The number of methoxy groups -OCH3 is 1. The molecule has 0 aliphatic carbocycles. The first-order chi connectivity index (χ1) is 10.1. The van der Waals surface area contributed by atoms with Crippen molar-refractivity contribution in [3.05, 3.63) is 65.2 Å². The molecule has 0 unspecified atom stereocenters. The lowest BCUT2D eigenvalue weighted by atomic mass is 9.97. The molecule has 2 rings (SSSR count). The molecule has 0 radical (unpaired) electrons. The molecule has 3 nitrogen and oxygen atoms in total. The second kappa shape index (κ2) is 6.93. The fourth-order valence-corrected chi connectivity index (χ4v) is 2.28. The van der Waals surface area contributed by atoms with E-state index in [0.29, 0.717) is 18.0 Å². The summed E-state index contributed by atoms with van der Waals surface area (Å²) in [4.78, 5) is 12.1. The van der Waals surface area contributed by atoms with Gasteiger partial charge in [0.25, 0.3) is 5.91 Å². The summed E-state index contributed by atoms with van der Waals surface area (Å²) in [6.07, 6.45) is 0. The first-order valence-corrected chi connectivity index (χ1v) is 7.12. The number of rotatable bonds is 5. The largest absolute Gasteiger partial charge is 0.497 e. The third kappa shape index (κ3) is 3.85. The van der Waals surface area contributed by atoms with Crippen molar-refractivity contribution in [3.63, 3.8) is 0 Å². The second-order valence-electron chi connectivity index (χ2n) is 5.26. The zero-order valence-corrected chi connectivity index (χ0v) is 12.7. The molecule has 2 aromatic rings. The van der Waals surface area contributed by atoms with Gasteiger partial charge in [0, 0.05) is 12.1 Å². The number of carbonyl (C=O) groups excluding carboxylic acids is 1. The maximum absolute atomic E-state index is 12.1. The Morgan fingerprint density at radius 2 is 1.76 bits per heavy atom. The number of hydrogen-bond acceptors (Lipinski definition) is 2. The second-order valence-corrected chi connectivity index (χ2v) is 5.26. The van der Waals surface area contributed by atoms with E-state index in [-0.39, 0.29) is 5.91 Å². The Hall–Kier alpha value is -2.29. The van der Waals surface area contributed by atoms with Crippen LogP contribution in [0.15, 0.2) is 48.5 Å². The lowest BCUT2D eigenvalue weighted by molar-refractivity contribution is 0.0951. The van der Waals surface area contributed by atoms with Crippen molar-refractivity contribution in [2.24, 2.45) is 0 Å². The fraction of sp³-hybridized carbons (Fsp3) is 0.278. The van der Waals surface area contributed by atoms with E-state index in [1.165, 1.54) is 5.56 Å². The Kier molecular flexibility index (Phi) is 4.99. The molecule has 0 aromatic heterocycles. The molecule has 0 spiro atoms. The van der Waals surface area contributed by atoms with Crippen LogP contribution < -0.4 is 10.1 Å². The molecule has 0 bridgehead atoms. The van der Waals surface area contributed by atoms with Crippen molar-refractivity contribution in [2.45, 2.75) is 26.3 Å². The van der Waals surface area contributed by atoms with Crippen LogP contribution in [-0.2, 0) is 6.54 Å². The molecule has 0 saturated carbocycles. The van der Waals surface area contributed by atoms with Crippen LogP contribution in [0.5, 0.6) is 5.75 Å². The van der Waals surface area contributed by atoms with Gasteiger partial charge in [0.05, 0.1) is 7.11 Å². The van der Waals surface area contributed by atoms with E-state index in [1.54, 1.807) is 31.4 Å². The van der Waals surface area contributed by atoms with Crippen molar-refractivity contribution < 1.29 is 9.53 Å². The molecular formula is C18H21NO2. The SMILES string of the molecule is COc1ccc(C(=O)NCc2ccccc2C(C)C)cc1. The zero-order chi connectivity index (χ0) is 15.2.